The SMILES string of the molecule is C1CNCCN1.N.N.O=[PH2]Oc1ccccc1. The maximum absolute atomic E-state index is 9.96. The zero-order valence-electron chi connectivity index (χ0n) is 10.0. The third kappa shape index (κ3) is 9.99. The molecule has 0 saturated carbocycles. The van der Waals surface area contributed by atoms with Gasteiger partial charge >= 0.3 is 0 Å². The van der Waals surface area contributed by atoms with Gasteiger partial charge in [-0.05, 0) is 12.1 Å². The van der Waals surface area contributed by atoms with E-state index in [9.17, 15) is 4.57 Å². The molecule has 0 aliphatic carbocycles. The summed E-state index contributed by atoms with van der Waals surface area (Å²) in [5.41, 5.74) is 0. The summed E-state index contributed by atoms with van der Waals surface area (Å²) in [4.78, 5) is 0. The molecule has 1 atom stereocenters. The van der Waals surface area contributed by atoms with Gasteiger partial charge < -0.3 is 27.5 Å². The number of para-hydroxylation sites is 1. The molecule has 1 aromatic rings. The first-order chi connectivity index (χ1) is 7.43. The van der Waals surface area contributed by atoms with Crippen molar-refractivity contribution in [1.82, 2.24) is 22.9 Å². The molecule has 100 valence electrons. The van der Waals surface area contributed by atoms with E-state index in [4.69, 9.17) is 4.52 Å². The Morgan fingerprint density at radius 2 is 1.41 bits per heavy atom. The standard InChI is InChI=1S/C6H7O2P.C4H10N2.2H3N/c7-9-8-6-4-2-1-3-5-6;1-2-6-4-3-5-1;;/h1-5H,9H2;5-6H,1-4H2;2*1H3. The third-order valence-corrected chi connectivity index (χ3v) is 2.25. The lowest BCUT2D eigenvalue weighted by atomic mass is 10.3. The second-order valence-electron chi connectivity index (χ2n) is 3.03. The highest BCUT2D eigenvalue weighted by molar-refractivity contribution is 7.17. The molecule has 2 rings (SSSR count). The van der Waals surface area contributed by atoms with E-state index in [1.165, 1.54) is 0 Å². The summed E-state index contributed by atoms with van der Waals surface area (Å²) in [5, 5.41) is 6.44. The number of benzene rings is 1. The first kappa shape index (κ1) is 18.5. The highest BCUT2D eigenvalue weighted by Gasteiger charge is 1.91. The molecule has 8 N–H and O–H groups in total. The van der Waals surface area contributed by atoms with Gasteiger partial charge in [0.05, 0.1) is 0 Å². The van der Waals surface area contributed by atoms with Crippen LogP contribution in [0.4, 0.5) is 0 Å². The van der Waals surface area contributed by atoms with E-state index in [0.717, 1.165) is 26.2 Å². The summed E-state index contributed by atoms with van der Waals surface area (Å²) in [5.74, 6) is 0.669. The lowest BCUT2D eigenvalue weighted by Crippen LogP contribution is -2.39. The minimum Gasteiger partial charge on any atom is -0.447 e. The van der Waals surface area contributed by atoms with E-state index < -0.39 is 8.69 Å². The Bertz CT molecular complexity index is 259. The monoisotopic (exact) mass is 262 g/mol. The Labute approximate surface area is 104 Å². The van der Waals surface area contributed by atoms with Gasteiger partial charge in [0.1, 0.15) is 5.75 Å². The minimum absolute atomic E-state index is 0. The first-order valence-electron chi connectivity index (χ1n) is 5.00. The topological polar surface area (TPSA) is 120 Å². The number of rotatable bonds is 2. The molecule has 1 aliphatic rings. The van der Waals surface area contributed by atoms with E-state index in [-0.39, 0.29) is 12.3 Å². The van der Waals surface area contributed by atoms with Gasteiger partial charge in [-0.1, -0.05) is 18.2 Å². The molecule has 0 aromatic heterocycles. The molecule has 1 aromatic carbocycles. The number of piperazine rings is 1. The molecule has 1 fully saturated rings. The van der Waals surface area contributed by atoms with Crippen molar-refractivity contribution in [2.45, 2.75) is 0 Å². The van der Waals surface area contributed by atoms with Crippen molar-refractivity contribution in [2.24, 2.45) is 0 Å². The predicted octanol–water partition coefficient (Wildman–Crippen LogP) is 1.24. The van der Waals surface area contributed by atoms with Crippen molar-refractivity contribution in [3.8, 4) is 5.75 Å². The quantitative estimate of drug-likeness (QED) is 0.595. The Kier molecular flexibility index (Phi) is 14.3. The third-order valence-electron chi connectivity index (χ3n) is 1.88. The fourth-order valence-corrected chi connectivity index (χ4v) is 1.43. The molecule has 6 nitrogen and oxygen atoms in total. The molecule has 7 heteroatoms. The van der Waals surface area contributed by atoms with Crippen LogP contribution in [0.2, 0.25) is 0 Å². The van der Waals surface area contributed by atoms with Crippen molar-refractivity contribution in [3.05, 3.63) is 30.3 Å². The Balaban J connectivity index is 0. The normalized spacial score (nSPS) is 13.9. The van der Waals surface area contributed by atoms with E-state index in [1.54, 1.807) is 12.1 Å². The van der Waals surface area contributed by atoms with Gasteiger partial charge in [0.2, 0.25) is 8.69 Å². The van der Waals surface area contributed by atoms with Crippen molar-refractivity contribution < 1.29 is 9.09 Å². The van der Waals surface area contributed by atoms with Crippen molar-refractivity contribution in [3.63, 3.8) is 0 Å². The maximum Gasteiger partial charge on any atom is 0.225 e. The number of hydrogen-bond donors (Lipinski definition) is 4. The van der Waals surface area contributed by atoms with Crippen molar-refractivity contribution in [1.29, 1.82) is 0 Å². The maximum atomic E-state index is 9.96. The van der Waals surface area contributed by atoms with Gasteiger partial charge in [0.15, 0.2) is 0 Å². The van der Waals surface area contributed by atoms with Crippen LogP contribution in [-0.2, 0) is 4.57 Å². The summed E-state index contributed by atoms with van der Waals surface area (Å²) in [6.45, 7) is 4.56. The van der Waals surface area contributed by atoms with Crippen molar-refractivity contribution >= 4 is 8.69 Å². The average molecular weight is 262 g/mol. The van der Waals surface area contributed by atoms with Crippen LogP contribution in [0.15, 0.2) is 30.3 Å². The molecule has 17 heavy (non-hydrogen) atoms. The van der Waals surface area contributed by atoms with Gasteiger partial charge in [0.25, 0.3) is 0 Å². The van der Waals surface area contributed by atoms with Crippen LogP contribution < -0.4 is 27.5 Å². The molecule has 1 aliphatic heterocycles. The van der Waals surface area contributed by atoms with Crippen LogP contribution in [0.5, 0.6) is 5.75 Å². The van der Waals surface area contributed by atoms with Crippen LogP contribution in [0.3, 0.4) is 0 Å². The fourth-order valence-electron chi connectivity index (χ4n) is 1.16. The summed E-state index contributed by atoms with van der Waals surface area (Å²) >= 11 is 0. The van der Waals surface area contributed by atoms with Gasteiger partial charge in [-0.25, -0.2) is 0 Å². The summed E-state index contributed by atoms with van der Waals surface area (Å²) < 4.78 is 14.7. The molecule has 1 unspecified atom stereocenters. The Morgan fingerprint density at radius 3 is 1.76 bits per heavy atom. The minimum atomic E-state index is -1.12. The van der Waals surface area contributed by atoms with Gasteiger partial charge in [0, 0.05) is 26.2 Å². The van der Waals surface area contributed by atoms with E-state index in [1.807, 2.05) is 18.2 Å². The van der Waals surface area contributed by atoms with Gasteiger partial charge in [-0.15, -0.1) is 0 Å². The van der Waals surface area contributed by atoms with Crippen molar-refractivity contribution in [2.75, 3.05) is 26.2 Å². The molecule has 0 radical (unpaired) electrons. The van der Waals surface area contributed by atoms with Crippen LogP contribution >= 0.6 is 8.69 Å². The zero-order chi connectivity index (χ0) is 10.8. The van der Waals surface area contributed by atoms with Gasteiger partial charge in [-0.2, -0.15) is 0 Å². The van der Waals surface area contributed by atoms with E-state index in [2.05, 4.69) is 10.6 Å². The Hall–Kier alpha value is -0.910. The predicted molar refractivity (Wildman–Crippen MR) is 73.3 cm³/mol. The van der Waals surface area contributed by atoms with Crippen LogP contribution in [0.25, 0.3) is 0 Å². The molecular weight excluding hydrogens is 239 g/mol. The Morgan fingerprint density at radius 1 is 0.941 bits per heavy atom. The smallest absolute Gasteiger partial charge is 0.225 e. The molecular formula is C10H23N4O2P. The zero-order valence-corrected chi connectivity index (χ0v) is 11.2. The van der Waals surface area contributed by atoms with E-state index in [0.29, 0.717) is 5.75 Å². The second-order valence-corrected chi connectivity index (χ2v) is 3.46. The molecule has 0 bridgehead atoms. The summed E-state index contributed by atoms with van der Waals surface area (Å²) in [6.07, 6.45) is 0. The largest absolute Gasteiger partial charge is 0.447 e. The van der Waals surface area contributed by atoms with E-state index >= 15 is 0 Å². The van der Waals surface area contributed by atoms with Crippen LogP contribution in [-0.4, -0.2) is 26.2 Å². The average Bonchev–Trinajstić information content (AvgIpc) is 2.34. The first-order valence-corrected chi connectivity index (χ1v) is 5.94. The number of nitrogens with one attached hydrogen (secondary N) is 2. The highest BCUT2D eigenvalue weighted by Crippen LogP contribution is 2.12. The molecule has 0 amide bonds. The molecule has 0 spiro atoms. The van der Waals surface area contributed by atoms with Gasteiger partial charge in [-0.3, -0.25) is 4.57 Å². The summed E-state index contributed by atoms with van der Waals surface area (Å²) in [6, 6.07) is 9.09. The van der Waals surface area contributed by atoms with Crippen LogP contribution in [0, 0.1) is 0 Å². The lowest BCUT2D eigenvalue weighted by molar-refractivity contribution is 0.525. The number of hydrogen-bond acceptors (Lipinski definition) is 6. The summed E-state index contributed by atoms with van der Waals surface area (Å²) in [7, 11) is -1.12. The highest BCUT2D eigenvalue weighted by atomic mass is 31.1. The van der Waals surface area contributed by atoms with Crippen LogP contribution in [0.1, 0.15) is 0 Å². The molecule has 1 heterocycles. The lowest BCUT2D eigenvalue weighted by Gasteiger charge is -2.11. The second kappa shape index (κ2) is 13.2. The molecule has 1 saturated heterocycles. The fraction of sp³-hybridized carbons (Fsp3) is 0.400.